The van der Waals surface area contributed by atoms with Crippen molar-refractivity contribution in [3.63, 3.8) is 0 Å². The van der Waals surface area contributed by atoms with Crippen LogP contribution < -0.4 is 5.32 Å². The van der Waals surface area contributed by atoms with Crippen LogP contribution in [0.3, 0.4) is 0 Å². The molecule has 0 amide bonds. The summed E-state index contributed by atoms with van der Waals surface area (Å²) in [5.74, 6) is 0. The lowest BCUT2D eigenvalue weighted by molar-refractivity contribution is 0.158. The molecule has 96 valence electrons. The van der Waals surface area contributed by atoms with Crippen LogP contribution in [0, 0.1) is 0 Å². The second kappa shape index (κ2) is 4.96. The number of piperazine rings is 1. The molecule has 18 heavy (non-hydrogen) atoms. The quantitative estimate of drug-likeness (QED) is 0.901. The molecular formula is C14H19N3S. The standard InChI is InChI=1S/C14H19N3S/c1-10-9-17(8-7-15-10)11(2)14-16-12-5-3-4-6-13(12)18-14/h3-6,10-11,15H,7-9H2,1-2H3. The summed E-state index contributed by atoms with van der Waals surface area (Å²) < 4.78 is 1.29. The number of para-hydroxylation sites is 1. The van der Waals surface area contributed by atoms with Crippen molar-refractivity contribution in [2.75, 3.05) is 19.6 Å². The maximum absolute atomic E-state index is 4.77. The number of aromatic nitrogens is 1. The molecule has 0 radical (unpaired) electrons. The first-order chi connectivity index (χ1) is 8.74. The third-order valence-corrected chi connectivity index (χ3v) is 4.82. The van der Waals surface area contributed by atoms with Crippen LogP contribution in [-0.2, 0) is 0 Å². The van der Waals surface area contributed by atoms with Crippen molar-refractivity contribution in [2.45, 2.75) is 25.9 Å². The van der Waals surface area contributed by atoms with Gasteiger partial charge in [0.2, 0.25) is 0 Å². The van der Waals surface area contributed by atoms with Crippen molar-refractivity contribution >= 4 is 21.6 Å². The molecule has 1 N–H and O–H groups in total. The zero-order valence-electron chi connectivity index (χ0n) is 10.9. The molecule has 0 spiro atoms. The average Bonchev–Trinajstić information content (AvgIpc) is 2.81. The van der Waals surface area contributed by atoms with Crippen LogP contribution in [0.15, 0.2) is 24.3 Å². The van der Waals surface area contributed by atoms with Crippen molar-refractivity contribution in [3.05, 3.63) is 29.3 Å². The van der Waals surface area contributed by atoms with Gasteiger partial charge in [0.25, 0.3) is 0 Å². The molecule has 2 heterocycles. The lowest BCUT2D eigenvalue weighted by atomic mass is 10.2. The van der Waals surface area contributed by atoms with E-state index in [0.717, 1.165) is 25.2 Å². The van der Waals surface area contributed by atoms with E-state index in [1.54, 1.807) is 0 Å². The molecule has 1 aromatic carbocycles. The van der Waals surface area contributed by atoms with E-state index in [9.17, 15) is 0 Å². The third kappa shape index (κ3) is 2.28. The fourth-order valence-electron chi connectivity index (χ4n) is 2.54. The van der Waals surface area contributed by atoms with Crippen LogP contribution in [-0.4, -0.2) is 35.6 Å². The number of benzene rings is 1. The molecule has 4 heteroatoms. The van der Waals surface area contributed by atoms with Gasteiger partial charge in [0.1, 0.15) is 5.01 Å². The van der Waals surface area contributed by atoms with Gasteiger partial charge in [-0.15, -0.1) is 11.3 Å². The first kappa shape index (κ1) is 12.1. The Balaban J connectivity index is 1.84. The molecule has 1 saturated heterocycles. The molecule has 1 aromatic heterocycles. The second-order valence-corrected chi connectivity index (χ2v) is 6.11. The van der Waals surface area contributed by atoms with E-state index in [1.165, 1.54) is 9.71 Å². The molecule has 1 aliphatic rings. The van der Waals surface area contributed by atoms with Crippen molar-refractivity contribution < 1.29 is 0 Å². The van der Waals surface area contributed by atoms with Gasteiger partial charge in [-0.05, 0) is 26.0 Å². The minimum atomic E-state index is 0.423. The van der Waals surface area contributed by atoms with Crippen molar-refractivity contribution in [3.8, 4) is 0 Å². The van der Waals surface area contributed by atoms with Crippen LogP contribution in [0.5, 0.6) is 0 Å². The van der Waals surface area contributed by atoms with Gasteiger partial charge in [-0.2, -0.15) is 0 Å². The third-order valence-electron chi connectivity index (χ3n) is 3.62. The predicted molar refractivity (Wildman–Crippen MR) is 77.1 cm³/mol. The van der Waals surface area contributed by atoms with Crippen LogP contribution in [0.1, 0.15) is 24.9 Å². The van der Waals surface area contributed by atoms with E-state index < -0.39 is 0 Å². The number of rotatable bonds is 2. The van der Waals surface area contributed by atoms with Gasteiger partial charge >= 0.3 is 0 Å². The first-order valence-electron chi connectivity index (χ1n) is 6.57. The monoisotopic (exact) mass is 261 g/mol. The highest BCUT2D eigenvalue weighted by molar-refractivity contribution is 7.18. The Kier molecular flexibility index (Phi) is 3.33. The summed E-state index contributed by atoms with van der Waals surface area (Å²) in [4.78, 5) is 7.30. The molecule has 3 nitrogen and oxygen atoms in total. The van der Waals surface area contributed by atoms with E-state index in [2.05, 4.69) is 48.3 Å². The number of nitrogens with zero attached hydrogens (tertiary/aromatic N) is 2. The minimum absolute atomic E-state index is 0.423. The number of nitrogens with one attached hydrogen (secondary N) is 1. The number of hydrogen-bond donors (Lipinski definition) is 1. The van der Waals surface area contributed by atoms with Gasteiger partial charge in [0.05, 0.1) is 16.3 Å². The molecule has 0 bridgehead atoms. The lowest BCUT2D eigenvalue weighted by Gasteiger charge is -2.35. The first-order valence-corrected chi connectivity index (χ1v) is 7.38. The molecular weight excluding hydrogens is 242 g/mol. The summed E-state index contributed by atoms with van der Waals surface area (Å²) in [5, 5.41) is 4.73. The number of hydrogen-bond acceptors (Lipinski definition) is 4. The van der Waals surface area contributed by atoms with Crippen LogP contribution in [0.25, 0.3) is 10.2 Å². The van der Waals surface area contributed by atoms with Gasteiger partial charge in [-0.25, -0.2) is 4.98 Å². The molecule has 0 saturated carbocycles. The van der Waals surface area contributed by atoms with Gasteiger partial charge in [-0.3, -0.25) is 4.90 Å². The summed E-state index contributed by atoms with van der Waals surface area (Å²) in [6.45, 7) is 7.82. The average molecular weight is 261 g/mol. The summed E-state index contributed by atoms with van der Waals surface area (Å²) in [5.41, 5.74) is 1.13. The SMILES string of the molecule is CC1CN(C(C)c2nc3ccccc3s2)CCN1. The Morgan fingerprint density at radius 3 is 3.06 bits per heavy atom. The molecule has 3 rings (SSSR count). The van der Waals surface area contributed by atoms with E-state index in [4.69, 9.17) is 4.98 Å². The van der Waals surface area contributed by atoms with E-state index >= 15 is 0 Å². The molecule has 1 aliphatic heterocycles. The second-order valence-electron chi connectivity index (χ2n) is 5.05. The summed E-state index contributed by atoms with van der Waals surface area (Å²) in [7, 11) is 0. The van der Waals surface area contributed by atoms with Crippen LogP contribution in [0.4, 0.5) is 0 Å². The Morgan fingerprint density at radius 2 is 2.28 bits per heavy atom. The van der Waals surface area contributed by atoms with Crippen molar-refractivity contribution in [1.29, 1.82) is 0 Å². The highest BCUT2D eigenvalue weighted by Crippen LogP contribution is 2.29. The van der Waals surface area contributed by atoms with Gasteiger partial charge in [0, 0.05) is 25.7 Å². The Bertz CT molecular complexity index is 504. The Hall–Kier alpha value is -0.970. The van der Waals surface area contributed by atoms with E-state index in [-0.39, 0.29) is 0 Å². The topological polar surface area (TPSA) is 28.2 Å². The molecule has 2 aromatic rings. The zero-order chi connectivity index (χ0) is 12.5. The minimum Gasteiger partial charge on any atom is -0.312 e. The Labute approximate surface area is 112 Å². The summed E-state index contributed by atoms with van der Waals surface area (Å²) in [6.07, 6.45) is 0. The van der Waals surface area contributed by atoms with E-state index in [1.807, 2.05) is 11.3 Å². The maximum Gasteiger partial charge on any atom is 0.111 e. The smallest absolute Gasteiger partial charge is 0.111 e. The van der Waals surface area contributed by atoms with Crippen LogP contribution >= 0.6 is 11.3 Å². The molecule has 2 atom stereocenters. The molecule has 2 unspecified atom stereocenters. The largest absolute Gasteiger partial charge is 0.312 e. The highest BCUT2D eigenvalue weighted by Gasteiger charge is 2.23. The van der Waals surface area contributed by atoms with Crippen LogP contribution in [0.2, 0.25) is 0 Å². The predicted octanol–water partition coefficient (Wildman–Crippen LogP) is 2.65. The van der Waals surface area contributed by atoms with Crippen molar-refractivity contribution in [2.24, 2.45) is 0 Å². The maximum atomic E-state index is 4.77. The number of fused-ring (bicyclic) bond motifs is 1. The fraction of sp³-hybridized carbons (Fsp3) is 0.500. The summed E-state index contributed by atoms with van der Waals surface area (Å²) in [6, 6.07) is 9.40. The lowest BCUT2D eigenvalue weighted by Crippen LogP contribution is -2.49. The van der Waals surface area contributed by atoms with Crippen molar-refractivity contribution in [1.82, 2.24) is 15.2 Å². The molecule has 1 fully saturated rings. The number of thiazole rings is 1. The van der Waals surface area contributed by atoms with E-state index in [0.29, 0.717) is 12.1 Å². The molecule has 0 aliphatic carbocycles. The summed E-state index contributed by atoms with van der Waals surface area (Å²) >= 11 is 1.83. The zero-order valence-corrected chi connectivity index (χ0v) is 11.7. The normalized spacial score (nSPS) is 23.3. The van der Waals surface area contributed by atoms with Gasteiger partial charge in [-0.1, -0.05) is 12.1 Å². The Morgan fingerprint density at radius 1 is 1.44 bits per heavy atom. The fourth-order valence-corrected chi connectivity index (χ4v) is 3.59. The highest BCUT2D eigenvalue weighted by atomic mass is 32.1. The van der Waals surface area contributed by atoms with Gasteiger partial charge in [0.15, 0.2) is 0 Å². The van der Waals surface area contributed by atoms with Gasteiger partial charge < -0.3 is 5.32 Å².